The molecule has 0 radical (unpaired) electrons. The van der Waals surface area contributed by atoms with E-state index in [-0.39, 0.29) is 0 Å². The highest BCUT2D eigenvalue weighted by Crippen LogP contribution is 2.51. The molecule has 0 unspecified atom stereocenters. The van der Waals surface area contributed by atoms with Gasteiger partial charge >= 0.3 is 41.8 Å². The molecule has 3 heterocycles. The van der Waals surface area contributed by atoms with Gasteiger partial charge in [-0.15, -0.1) is 0 Å². The number of carboxylic acids is 1. The highest BCUT2D eigenvalue weighted by molar-refractivity contribution is 5.98. The monoisotopic (exact) mass is 956 g/mol. The van der Waals surface area contributed by atoms with Gasteiger partial charge in [-0.25, -0.2) is 24.0 Å². The number of aliphatic hydroxyl groups is 1. The molecule has 0 amide bonds. The average molecular weight is 957 g/mol. The first-order valence-electron chi connectivity index (χ1n) is 19.1. The van der Waals surface area contributed by atoms with E-state index in [1.807, 2.05) is 0 Å². The normalized spacial score (nSPS) is 23.0. The van der Waals surface area contributed by atoms with Gasteiger partial charge < -0.3 is 99.5 Å². The summed E-state index contributed by atoms with van der Waals surface area (Å²) in [5.41, 5.74) is -4.15. The van der Waals surface area contributed by atoms with Gasteiger partial charge in [0.05, 0.1) is 34.6 Å². The highest BCUT2D eigenvalue weighted by atomic mass is 16.7. The number of esters is 6. The van der Waals surface area contributed by atoms with E-state index in [9.17, 15) is 99.9 Å². The van der Waals surface area contributed by atoms with Crippen molar-refractivity contribution in [2.45, 2.75) is 49.1 Å². The van der Waals surface area contributed by atoms with Crippen molar-refractivity contribution in [3.05, 3.63) is 70.3 Å². The lowest BCUT2D eigenvalue weighted by Crippen LogP contribution is -2.63. The Labute approximate surface area is 375 Å². The molecule has 27 heteroatoms. The Morgan fingerprint density at radius 2 is 1.04 bits per heavy atom. The Morgan fingerprint density at radius 1 is 0.574 bits per heavy atom. The number of aliphatic hydroxyl groups excluding tert-OH is 1. The first-order chi connectivity index (χ1) is 32.0. The molecular weight excluding hydrogens is 924 g/mol. The third kappa shape index (κ3) is 8.58. The largest absolute Gasteiger partial charge is 0.504 e. The number of phenolic OH excluding ortho intramolecular Hbond substituents is 11. The fourth-order valence-corrected chi connectivity index (χ4v) is 7.37. The molecule has 2 bridgehead atoms. The maximum absolute atomic E-state index is 14.5. The van der Waals surface area contributed by atoms with E-state index in [2.05, 4.69) is 0 Å². The molecule has 1 saturated heterocycles. The summed E-state index contributed by atoms with van der Waals surface area (Å²) in [6.07, 6.45) is -16.3. The van der Waals surface area contributed by atoms with Gasteiger partial charge in [0, 0.05) is 11.5 Å². The summed E-state index contributed by atoms with van der Waals surface area (Å²) in [6.45, 7) is -1.28. The molecule has 7 rings (SSSR count). The second-order valence-electron chi connectivity index (χ2n) is 14.9. The molecule has 0 saturated carbocycles. The molecule has 8 atom stereocenters. The quantitative estimate of drug-likeness (QED) is 0.0455. The molecule has 0 spiro atoms. The van der Waals surface area contributed by atoms with Gasteiger partial charge in [0.2, 0.25) is 18.1 Å². The summed E-state index contributed by atoms with van der Waals surface area (Å²) >= 11 is 0. The summed E-state index contributed by atoms with van der Waals surface area (Å²) in [7, 11) is 0. The van der Waals surface area contributed by atoms with Gasteiger partial charge in [-0.1, -0.05) is 0 Å². The zero-order valence-corrected chi connectivity index (χ0v) is 33.6. The van der Waals surface area contributed by atoms with Crippen LogP contribution in [-0.4, -0.2) is 152 Å². The van der Waals surface area contributed by atoms with Gasteiger partial charge in [0.15, 0.2) is 81.6 Å². The number of aromatic hydroxyl groups is 11. The number of rotatable bonds is 9. The molecule has 3 aliphatic heterocycles. The number of ether oxygens (including phenoxy) is 7. The van der Waals surface area contributed by atoms with Crippen LogP contribution >= 0.6 is 0 Å². The van der Waals surface area contributed by atoms with Crippen molar-refractivity contribution in [1.29, 1.82) is 0 Å². The summed E-state index contributed by atoms with van der Waals surface area (Å²) < 4.78 is 38.6. The fourth-order valence-electron chi connectivity index (χ4n) is 7.37. The second-order valence-corrected chi connectivity index (χ2v) is 14.9. The number of phenols is 11. The molecule has 4 aromatic rings. The third-order valence-corrected chi connectivity index (χ3v) is 10.6. The first-order valence-corrected chi connectivity index (χ1v) is 19.1. The molecule has 27 nitrogen and oxygen atoms in total. The van der Waals surface area contributed by atoms with Crippen molar-refractivity contribution in [2.75, 3.05) is 6.61 Å². The summed E-state index contributed by atoms with van der Waals surface area (Å²) in [6, 6.07) is 3.84. The number of benzene rings is 4. The molecular formula is C41H32O27. The van der Waals surface area contributed by atoms with Crippen LogP contribution < -0.4 is 4.74 Å². The standard InChI is InChI=1S/C41H32O27/c42-15-1-10(2-16(43)26(15)51)35(56)62-9-22-31-33(66-36(57)11-3-17(44)27(52)18(45)4-11)34(41(63-22)68-37(58)12-5-19(46)28(53)20(47)6-12)67-38(59)13-7-21(48)29(54)32-25(13)24(30(55)40(61)65-32)14(8-23(49)50)39(60)64-31/h1-7,14,22,24,30-31,33-34,41-48,51-55H,8-9H2,(H,49,50)/t14-,22-,24-,30+,31-,33+,34-,41+/m1/s1. The lowest BCUT2D eigenvalue weighted by molar-refractivity contribution is -0.287. The van der Waals surface area contributed by atoms with E-state index >= 15 is 0 Å². The first kappa shape index (κ1) is 46.9. The van der Waals surface area contributed by atoms with Crippen molar-refractivity contribution >= 4 is 41.8 Å². The number of hydrogen-bond acceptors (Lipinski definition) is 26. The summed E-state index contributed by atoms with van der Waals surface area (Å²) in [5.74, 6) is -29.8. The molecule has 0 aromatic heterocycles. The Morgan fingerprint density at radius 3 is 1.54 bits per heavy atom. The van der Waals surface area contributed by atoms with E-state index < -0.39 is 200 Å². The van der Waals surface area contributed by atoms with E-state index in [1.165, 1.54) is 0 Å². The van der Waals surface area contributed by atoms with Gasteiger partial charge in [-0.05, 0) is 42.5 Å². The Hall–Kier alpha value is -9.11. The Bertz CT molecular complexity index is 2750. The zero-order valence-electron chi connectivity index (χ0n) is 33.6. The van der Waals surface area contributed by atoms with Crippen LogP contribution in [0.4, 0.5) is 0 Å². The van der Waals surface area contributed by atoms with E-state index in [0.717, 1.165) is 0 Å². The fraction of sp³-hybridized carbons (Fsp3) is 0.244. The molecule has 0 aliphatic carbocycles. The van der Waals surface area contributed by atoms with Crippen LogP contribution in [0, 0.1) is 5.92 Å². The Balaban J connectivity index is 1.44. The minimum Gasteiger partial charge on any atom is -0.504 e. The number of carbonyl (C=O) groups excluding carboxylic acids is 6. The van der Waals surface area contributed by atoms with Crippen molar-refractivity contribution in [3.8, 4) is 69.0 Å². The molecule has 4 aromatic carbocycles. The van der Waals surface area contributed by atoms with Crippen LogP contribution in [0.15, 0.2) is 42.5 Å². The predicted octanol–water partition coefficient (Wildman–Crippen LogP) is 0.0179. The Kier molecular flexibility index (Phi) is 12.2. The zero-order chi connectivity index (χ0) is 49.8. The lowest BCUT2D eigenvalue weighted by Gasteiger charge is -2.44. The van der Waals surface area contributed by atoms with E-state index in [4.69, 9.17) is 33.2 Å². The molecule has 358 valence electrons. The summed E-state index contributed by atoms with van der Waals surface area (Å²) in [5, 5.41) is 133. The number of hydrogen-bond donors (Lipinski definition) is 13. The van der Waals surface area contributed by atoms with E-state index in [0.29, 0.717) is 42.5 Å². The summed E-state index contributed by atoms with van der Waals surface area (Å²) in [4.78, 5) is 95.4. The smallest absolute Gasteiger partial charge is 0.341 e. The number of carboxylic acid groups (broad SMARTS) is 1. The minimum absolute atomic E-state index is 0.449. The van der Waals surface area contributed by atoms with Crippen LogP contribution in [0.3, 0.4) is 0 Å². The van der Waals surface area contributed by atoms with Crippen molar-refractivity contribution < 1.29 is 133 Å². The lowest BCUT2D eigenvalue weighted by atomic mass is 9.76. The number of carbonyl (C=O) groups is 7. The van der Waals surface area contributed by atoms with E-state index in [1.54, 1.807) is 0 Å². The van der Waals surface area contributed by atoms with Crippen LogP contribution in [0.2, 0.25) is 0 Å². The predicted molar refractivity (Wildman–Crippen MR) is 207 cm³/mol. The van der Waals surface area contributed by atoms with Gasteiger partial charge in [0.1, 0.15) is 12.7 Å². The van der Waals surface area contributed by atoms with Gasteiger partial charge in [-0.3, -0.25) is 9.59 Å². The SMILES string of the molecule is O=C(O)C[C@H]1C(=O)O[C@H]2[C@H](OC(=O)c3cc(O)c(O)c(O)c3)[C@@H](OC(=O)c3cc(O)c(O)c4c3[C@@H]1[C@H](O)C(=O)O4)[C@H](OC(=O)c1cc(O)c(O)c(O)c1)O[C@@H]2COC(=O)c1cc(O)c(O)c(O)c1. The topological polar surface area (TPSA) is 447 Å². The number of fused-ring (bicyclic) bond motifs is 2. The maximum Gasteiger partial charge on any atom is 0.341 e. The van der Waals surface area contributed by atoms with Crippen LogP contribution in [0.25, 0.3) is 0 Å². The molecule has 3 aliphatic rings. The van der Waals surface area contributed by atoms with Crippen LogP contribution in [0.1, 0.15) is 59.3 Å². The van der Waals surface area contributed by atoms with Crippen LogP contribution in [-0.2, 0) is 42.8 Å². The van der Waals surface area contributed by atoms with Crippen LogP contribution in [0.5, 0.6) is 69.0 Å². The van der Waals surface area contributed by atoms with Crippen molar-refractivity contribution in [3.63, 3.8) is 0 Å². The maximum atomic E-state index is 14.5. The van der Waals surface area contributed by atoms with Crippen molar-refractivity contribution in [1.82, 2.24) is 0 Å². The third-order valence-electron chi connectivity index (χ3n) is 10.6. The minimum atomic E-state index is -2.57. The molecule has 13 N–H and O–H groups in total. The second kappa shape index (κ2) is 17.7. The van der Waals surface area contributed by atoms with Gasteiger partial charge in [0.25, 0.3) is 0 Å². The molecule has 68 heavy (non-hydrogen) atoms. The highest BCUT2D eigenvalue weighted by Gasteiger charge is 2.57. The van der Waals surface area contributed by atoms with Crippen molar-refractivity contribution in [2.24, 2.45) is 5.92 Å². The van der Waals surface area contributed by atoms with Gasteiger partial charge in [-0.2, -0.15) is 0 Å². The average Bonchev–Trinajstić information content (AvgIpc) is 3.28. The molecule has 1 fully saturated rings. The number of aliphatic carboxylic acids is 1.